The summed E-state index contributed by atoms with van der Waals surface area (Å²) in [4.78, 5) is 13.1. The summed E-state index contributed by atoms with van der Waals surface area (Å²) in [6, 6.07) is -0.822. The molecule has 2 aliphatic heterocycles. The second-order valence-electron chi connectivity index (χ2n) is 16.9. The van der Waals surface area contributed by atoms with Gasteiger partial charge in [-0.25, -0.2) is 0 Å². The largest absolute Gasteiger partial charge is 0.394 e. The zero-order valence-corrected chi connectivity index (χ0v) is 36.5. The van der Waals surface area contributed by atoms with Crippen molar-refractivity contribution in [1.82, 2.24) is 5.32 Å². The van der Waals surface area contributed by atoms with Crippen LogP contribution in [0, 0.1) is 0 Å². The molecule has 0 bridgehead atoms. The molecule has 2 heterocycles. The van der Waals surface area contributed by atoms with Gasteiger partial charge in [-0.3, -0.25) is 4.79 Å². The summed E-state index contributed by atoms with van der Waals surface area (Å²) in [6.45, 7) is 2.76. The van der Waals surface area contributed by atoms with Gasteiger partial charge in [-0.1, -0.05) is 142 Å². The van der Waals surface area contributed by atoms with Crippen molar-refractivity contribution in [3.63, 3.8) is 0 Å². The van der Waals surface area contributed by atoms with Crippen LogP contribution in [0.25, 0.3) is 0 Å². The highest BCUT2D eigenvalue weighted by Crippen LogP contribution is 2.30. The highest BCUT2D eigenvalue weighted by atomic mass is 16.7. The number of ether oxygens (including phenoxy) is 4. The minimum atomic E-state index is -1.78. The lowest BCUT2D eigenvalue weighted by Gasteiger charge is -2.46. The number of carbonyl (C=O) groups excluding carboxylic acids is 1. The Morgan fingerprint density at radius 1 is 0.593 bits per heavy atom. The van der Waals surface area contributed by atoms with Crippen LogP contribution in [-0.2, 0) is 23.7 Å². The molecule has 14 heteroatoms. The van der Waals surface area contributed by atoms with Crippen LogP contribution in [0.1, 0.15) is 174 Å². The molecule has 59 heavy (non-hydrogen) atoms. The van der Waals surface area contributed by atoms with E-state index in [2.05, 4.69) is 31.3 Å². The summed E-state index contributed by atoms with van der Waals surface area (Å²) in [5, 5.41) is 86.3. The third-order valence-corrected chi connectivity index (χ3v) is 11.7. The zero-order chi connectivity index (χ0) is 43.3. The van der Waals surface area contributed by atoms with Crippen LogP contribution in [-0.4, -0.2) is 140 Å². The normalized spacial score (nSPS) is 28.6. The van der Waals surface area contributed by atoms with Gasteiger partial charge in [0.1, 0.15) is 48.8 Å². The Hall–Kier alpha value is -1.27. The van der Waals surface area contributed by atoms with Crippen molar-refractivity contribution in [1.29, 1.82) is 0 Å². The standard InChI is InChI=1S/C45H85NO13/c1-3-5-7-9-11-12-13-14-15-16-17-18-19-20-21-22-23-25-27-29-37(50)46-33(34(49)28-26-24-10-8-6-4-2)32-56-44-42(55)40(53)43(36(31-48)58-44)59-45-41(54)39(52)38(51)35(30-47)57-45/h14-15,33-36,38-45,47-49,51-55H,3-13,16-32H2,1-2H3,(H,46,50)/b15-14-. The Kier molecular flexibility index (Phi) is 30.4. The monoisotopic (exact) mass is 848 g/mol. The van der Waals surface area contributed by atoms with Gasteiger partial charge in [-0.2, -0.15) is 0 Å². The van der Waals surface area contributed by atoms with E-state index in [4.69, 9.17) is 18.9 Å². The van der Waals surface area contributed by atoms with Gasteiger partial charge >= 0.3 is 0 Å². The highest BCUT2D eigenvalue weighted by molar-refractivity contribution is 5.76. The molecule has 0 radical (unpaired) electrons. The van der Waals surface area contributed by atoms with Gasteiger partial charge in [0.05, 0.1) is 32.0 Å². The molecule has 0 aromatic heterocycles. The van der Waals surface area contributed by atoms with Gasteiger partial charge in [0.15, 0.2) is 12.6 Å². The number of unbranched alkanes of at least 4 members (excludes halogenated alkanes) is 20. The number of carbonyl (C=O) groups is 1. The van der Waals surface area contributed by atoms with Crippen LogP contribution in [0.15, 0.2) is 12.2 Å². The fourth-order valence-corrected chi connectivity index (χ4v) is 7.82. The summed E-state index contributed by atoms with van der Waals surface area (Å²) in [5.41, 5.74) is 0. The van der Waals surface area contributed by atoms with E-state index in [-0.39, 0.29) is 12.5 Å². The number of aliphatic hydroxyl groups excluding tert-OH is 8. The number of aliphatic hydroxyl groups is 8. The van der Waals surface area contributed by atoms with Gasteiger partial charge in [-0.05, 0) is 38.5 Å². The molecule has 0 saturated carbocycles. The number of nitrogens with one attached hydrogen (secondary N) is 1. The maximum atomic E-state index is 13.1. The van der Waals surface area contributed by atoms with Crippen molar-refractivity contribution >= 4 is 5.91 Å². The molecule has 2 saturated heterocycles. The lowest BCUT2D eigenvalue weighted by Crippen LogP contribution is -2.65. The molecule has 0 aromatic rings. The molecule has 14 nitrogen and oxygen atoms in total. The molecule has 0 aliphatic carbocycles. The van der Waals surface area contributed by atoms with Crippen molar-refractivity contribution in [2.75, 3.05) is 19.8 Å². The maximum Gasteiger partial charge on any atom is 0.220 e. The molecule has 9 N–H and O–H groups in total. The third kappa shape index (κ3) is 21.6. The van der Waals surface area contributed by atoms with Gasteiger partial charge in [0.2, 0.25) is 5.91 Å². The first-order valence-electron chi connectivity index (χ1n) is 23.4. The van der Waals surface area contributed by atoms with E-state index in [0.29, 0.717) is 12.8 Å². The lowest BCUT2D eigenvalue weighted by atomic mass is 9.97. The molecule has 2 fully saturated rings. The van der Waals surface area contributed by atoms with E-state index in [1.807, 2.05) is 0 Å². The first-order chi connectivity index (χ1) is 28.6. The van der Waals surface area contributed by atoms with Crippen LogP contribution in [0.3, 0.4) is 0 Å². The van der Waals surface area contributed by atoms with E-state index in [9.17, 15) is 45.6 Å². The fourth-order valence-electron chi connectivity index (χ4n) is 7.82. The molecule has 2 aliphatic rings. The number of allylic oxidation sites excluding steroid dienone is 2. The highest BCUT2D eigenvalue weighted by Gasteiger charge is 2.51. The fraction of sp³-hybridized carbons (Fsp3) is 0.933. The van der Waals surface area contributed by atoms with Gasteiger partial charge in [0, 0.05) is 6.42 Å². The minimum absolute atomic E-state index is 0.215. The van der Waals surface area contributed by atoms with E-state index < -0.39 is 86.8 Å². The van der Waals surface area contributed by atoms with E-state index >= 15 is 0 Å². The average Bonchev–Trinajstić information content (AvgIpc) is 3.23. The number of hydrogen-bond acceptors (Lipinski definition) is 13. The van der Waals surface area contributed by atoms with Crippen LogP contribution >= 0.6 is 0 Å². The molecule has 1 amide bonds. The van der Waals surface area contributed by atoms with Crippen molar-refractivity contribution in [2.24, 2.45) is 0 Å². The second kappa shape index (κ2) is 33.3. The second-order valence-corrected chi connectivity index (χ2v) is 16.9. The summed E-state index contributed by atoms with van der Waals surface area (Å²) in [6.07, 6.45) is 15.5. The van der Waals surface area contributed by atoms with Crippen molar-refractivity contribution in [2.45, 2.75) is 248 Å². The van der Waals surface area contributed by atoms with Gasteiger partial charge < -0.3 is 65.1 Å². The van der Waals surface area contributed by atoms with E-state index in [1.54, 1.807) is 0 Å². The summed E-state index contributed by atoms with van der Waals surface area (Å²) >= 11 is 0. The van der Waals surface area contributed by atoms with Crippen molar-refractivity contribution < 1.29 is 64.6 Å². The number of hydrogen-bond donors (Lipinski definition) is 9. The average molecular weight is 848 g/mol. The van der Waals surface area contributed by atoms with Crippen LogP contribution in [0.2, 0.25) is 0 Å². The molecule has 12 unspecified atom stereocenters. The first kappa shape index (κ1) is 53.9. The van der Waals surface area contributed by atoms with E-state index in [1.165, 1.54) is 83.5 Å². The maximum absolute atomic E-state index is 13.1. The van der Waals surface area contributed by atoms with Crippen LogP contribution < -0.4 is 5.32 Å². The quantitative estimate of drug-likeness (QED) is 0.0308. The van der Waals surface area contributed by atoms with Crippen molar-refractivity contribution in [3.8, 4) is 0 Å². The molecule has 12 atom stereocenters. The molecular weight excluding hydrogens is 762 g/mol. The third-order valence-electron chi connectivity index (χ3n) is 11.7. The number of amides is 1. The zero-order valence-electron chi connectivity index (χ0n) is 36.5. The minimum Gasteiger partial charge on any atom is -0.394 e. The van der Waals surface area contributed by atoms with Crippen LogP contribution in [0.5, 0.6) is 0 Å². The molecule has 2 rings (SSSR count). The number of rotatable bonds is 35. The topological polar surface area (TPSA) is 228 Å². The Morgan fingerprint density at radius 2 is 1.07 bits per heavy atom. The Balaban J connectivity index is 1.77. The first-order valence-corrected chi connectivity index (χ1v) is 23.4. The summed E-state index contributed by atoms with van der Waals surface area (Å²) in [7, 11) is 0. The SMILES string of the molecule is CCCCCCCC/C=C\CCCCCCCCCCCC(=O)NC(COC1OC(CO)C(OC2OC(CO)C(O)C(O)C2O)C(O)C1O)C(O)CCCCCCCC. The molecule has 348 valence electrons. The van der Waals surface area contributed by atoms with Gasteiger partial charge in [0.25, 0.3) is 0 Å². The molecular formula is C45H85NO13. The Labute approximate surface area is 355 Å². The summed E-state index contributed by atoms with van der Waals surface area (Å²) < 4.78 is 22.6. The Bertz CT molecular complexity index is 1050. The molecule has 0 aromatic carbocycles. The predicted molar refractivity (Wildman–Crippen MR) is 226 cm³/mol. The summed E-state index contributed by atoms with van der Waals surface area (Å²) in [5.74, 6) is -0.215. The Morgan fingerprint density at radius 3 is 1.61 bits per heavy atom. The molecule has 0 spiro atoms. The smallest absolute Gasteiger partial charge is 0.220 e. The van der Waals surface area contributed by atoms with Crippen LogP contribution in [0.4, 0.5) is 0 Å². The predicted octanol–water partition coefficient (Wildman–Crippen LogP) is 4.82. The van der Waals surface area contributed by atoms with E-state index in [0.717, 1.165) is 64.2 Å². The van der Waals surface area contributed by atoms with Crippen molar-refractivity contribution in [3.05, 3.63) is 12.2 Å². The van der Waals surface area contributed by atoms with Gasteiger partial charge in [-0.15, -0.1) is 0 Å². The lowest BCUT2D eigenvalue weighted by molar-refractivity contribution is -0.359.